The Morgan fingerprint density at radius 2 is 1.95 bits per heavy atom. The number of alkyl halides is 3. The van der Waals surface area contributed by atoms with Crippen molar-refractivity contribution in [1.29, 1.82) is 0 Å². The molecule has 4 nitrogen and oxygen atoms in total. The minimum Gasteiger partial charge on any atom is -0.381 e. The van der Waals surface area contributed by atoms with Crippen LogP contribution < -0.4 is 0 Å². The predicted molar refractivity (Wildman–Crippen MR) is 65.6 cm³/mol. The first kappa shape index (κ1) is 15.0. The van der Waals surface area contributed by atoms with Crippen LogP contribution in [0, 0.1) is 19.8 Å². The van der Waals surface area contributed by atoms with Gasteiger partial charge in [-0.15, -0.1) is 0 Å². The Hall–Kier alpha value is -1.37. The van der Waals surface area contributed by atoms with Gasteiger partial charge in [0.15, 0.2) is 0 Å². The maximum Gasteiger partial charge on any atom is 0.455 e. The number of carbonyl (C=O) groups excluding carboxylic acids is 1. The summed E-state index contributed by atoms with van der Waals surface area (Å²) in [6.07, 6.45) is -3.14. The Kier molecular flexibility index (Phi) is 4.17. The Bertz CT molecular complexity index is 502. The molecule has 0 amide bonds. The van der Waals surface area contributed by atoms with Crippen LogP contribution in [-0.4, -0.2) is 35.0 Å². The fraction of sp³-hybridized carbons (Fsp3) is 0.692. The summed E-state index contributed by atoms with van der Waals surface area (Å²) in [5, 5.41) is 4.09. The van der Waals surface area contributed by atoms with Crippen molar-refractivity contribution >= 4 is 5.78 Å². The van der Waals surface area contributed by atoms with E-state index in [4.69, 9.17) is 4.74 Å². The Balaban J connectivity index is 2.22. The molecule has 112 valence electrons. The van der Waals surface area contributed by atoms with Crippen LogP contribution in [0.25, 0.3) is 0 Å². The average Bonchev–Trinajstić information content (AvgIpc) is 2.64. The van der Waals surface area contributed by atoms with Gasteiger partial charge < -0.3 is 4.74 Å². The number of nitrogens with zero attached hydrogens (tertiary/aromatic N) is 2. The largest absolute Gasteiger partial charge is 0.455 e. The van der Waals surface area contributed by atoms with Gasteiger partial charge in [-0.3, -0.25) is 9.48 Å². The molecule has 1 aromatic heterocycles. The number of ether oxygens (including phenoxy) is 1. The SMILES string of the molecule is Cc1nn(CC2CCOCC2)c(C)c1C(=O)C(F)(F)F. The fourth-order valence-electron chi connectivity index (χ4n) is 2.52. The van der Waals surface area contributed by atoms with Crippen LogP contribution in [0.15, 0.2) is 0 Å². The van der Waals surface area contributed by atoms with Gasteiger partial charge in [0.2, 0.25) is 0 Å². The third-order valence-electron chi connectivity index (χ3n) is 3.64. The Morgan fingerprint density at radius 1 is 1.35 bits per heavy atom. The van der Waals surface area contributed by atoms with E-state index in [-0.39, 0.29) is 17.0 Å². The van der Waals surface area contributed by atoms with Gasteiger partial charge >= 0.3 is 6.18 Å². The summed E-state index contributed by atoms with van der Waals surface area (Å²) >= 11 is 0. The van der Waals surface area contributed by atoms with Crippen molar-refractivity contribution in [2.24, 2.45) is 5.92 Å². The van der Waals surface area contributed by atoms with Crippen LogP contribution in [0.3, 0.4) is 0 Å². The predicted octanol–water partition coefficient (Wildman–Crippen LogP) is 2.67. The lowest BCUT2D eigenvalue weighted by molar-refractivity contribution is -0.0886. The van der Waals surface area contributed by atoms with Crippen LogP contribution in [0.2, 0.25) is 0 Å². The zero-order valence-corrected chi connectivity index (χ0v) is 11.5. The zero-order chi connectivity index (χ0) is 14.9. The monoisotopic (exact) mass is 290 g/mol. The smallest absolute Gasteiger partial charge is 0.381 e. The van der Waals surface area contributed by atoms with E-state index in [9.17, 15) is 18.0 Å². The molecule has 2 rings (SSSR count). The number of Topliss-reactive ketones (excluding diaryl/α,β-unsaturated/α-hetero) is 1. The topological polar surface area (TPSA) is 44.1 Å². The molecule has 0 unspecified atom stereocenters. The van der Waals surface area contributed by atoms with Crippen molar-refractivity contribution < 1.29 is 22.7 Å². The van der Waals surface area contributed by atoms with E-state index in [1.165, 1.54) is 18.5 Å². The molecule has 20 heavy (non-hydrogen) atoms. The number of halogens is 3. The molecule has 2 heterocycles. The maximum atomic E-state index is 12.6. The maximum absolute atomic E-state index is 12.6. The summed E-state index contributed by atoms with van der Waals surface area (Å²) in [5.74, 6) is -1.48. The van der Waals surface area contributed by atoms with Crippen molar-refractivity contribution in [1.82, 2.24) is 9.78 Å². The molecule has 0 aromatic carbocycles. The van der Waals surface area contributed by atoms with Crippen LogP contribution in [-0.2, 0) is 11.3 Å². The minimum absolute atomic E-state index is 0.136. The van der Waals surface area contributed by atoms with Gasteiger partial charge in [-0.1, -0.05) is 0 Å². The van der Waals surface area contributed by atoms with Crippen molar-refractivity contribution in [3.63, 3.8) is 0 Å². The fourth-order valence-corrected chi connectivity index (χ4v) is 2.52. The molecule has 0 bridgehead atoms. The highest BCUT2D eigenvalue weighted by molar-refractivity contribution is 6.02. The van der Waals surface area contributed by atoms with E-state index in [1.807, 2.05) is 0 Å². The van der Waals surface area contributed by atoms with E-state index in [1.54, 1.807) is 0 Å². The summed E-state index contributed by atoms with van der Waals surface area (Å²) in [5.41, 5.74) is 0.109. The van der Waals surface area contributed by atoms with E-state index in [0.29, 0.717) is 25.7 Å². The minimum atomic E-state index is -4.86. The van der Waals surface area contributed by atoms with Gasteiger partial charge in [0, 0.05) is 25.5 Å². The number of rotatable bonds is 3. The Labute approximate surface area is 114 Å². The van der Waals surface area contributed by atoms with Gasteiger partial charge in [0.1, 0.15) is 0 Å². The molecule has 0 saturated carbocycles. The van der Waals surface area contributed by atoms with E-state index < -0.39 is 12.0 Å². The van der Waals surface area contributed by atoms with Crippen LogP contribution in [0.1, 0.15) is 34.6 Å². The molecule has 1 aromatic rings. The number of aryl methyl sites for hydroxylation is 1. The number of aromatic nitrogens is 2. The lowest BCUT2D eigenvalue weighted by atomic mass is 10.0. The second-order valence-electron chi connectivity index (χ2n) is 5.11. The molecule has 0 spiro atoms. The van der Waals surface area contributed by atoms with E-state index >= 15 is 0 Å². The van der Waals surface area contributed by atoms with Crippen molar-refractivity contribution in [3.8, 4) is 0 Å². The molecule has 0 N–H and O–H groups in total. The van der Waals surface area contributed by atoms with Crippen molar-refractivity contribution in [2.45, 2.75) is 39.4 Å². The number of carbonyl (C=O) groups is 1. The molecule has 0 aliphatic carbocycles. The quantitative estimate of drug-likeness (QED) is 0.804. The van der Waals surface area contributed by atoms with Gasteiger partial charge in [0.25, 0.3) is 5.78 Å². The zero-order valence-electron chi connectivity index (χ0n) is 11.5. The molecule has 0 atom stereocenters. The highest BCUT2D eigenvalue weighted by atomic mass is 19.4. The van der Waals surface area contributed by atoms with E-state index in [2.05, 4.69) is 5.10 Å². The summed E-state index contributed by atoms with van der Waals surface area (Å²) in [7, 11) is 0. The second kappa shape index (κ2) is 5.55. The highest BCUT2D eigenvalue weighted by Gasteiger charge is 2.42. The van der Waals surface area contributed by atoms with Crippen LogP contribution >= 0.6 is 0 Å². The molecule has 1 aliphatic rings. The van der Waals surface area contributed by atoms with E-state index in [0.717, 1.165) is 12.8 Å². The summed E-state index contributed by atoms with van der Waals surface area (Å²) in [6, 6.07) is 0. The number of ketones is 1. The summed E-state index contributed by atoms with van der Waals surface area (Å²) in [4.78, 5) is 11.4. The van der Waals surface area contributed by atoms with Gasteiger partial charge in [-0.05, 0) is 32.6 Å². The molecule has 1 aliphatic heterocycles. The van der Waals surface area contributed by atoms with Gasteiger partial charge in [-0.25, -0.2) is 0 Å². The van der Waals surface area contributed by atoms with Crippen LogP contribution in [0.4, 0.5) is 13.2 Å². The summed E-state index contributed by atoms with van der Waals surface area (Å²) in [6.45, 7) is 4.81. The van der Waals surface area contributed by atoms with Crippen molar-refractivity contribution in [2.75, 3.05) is 13.2 Å². The molecular formula is C13H17F3N2O2. The Morgan fingerprint density at radius 3 is 2.50 bits per heavy atom. The summed E-state index contributed by atoms with van der Waals surface area (Å²) < 4.78 is 44.4. The molecule has 1 fully saturated rings. The molecule has 1 saturated heterocycles. The average molecular weight is 290 g/mol. The lowest BCUT2D eigenvalue weighted by Gasteiger charge is -2.22. The lowest BCUT2D eigenvalue weighted by Crippen LogP contribution is -2.24. The van der Waals surface area contributed by atoms with Crippen LogP contribution in [0.5, 0.6) is 0 Å². The third kappa shape index (κ3) is 3.03. The first-order chi connectivity index (χ1) is 9.30. The van der Waals surface area contributed by atoms with Crippen molar-refractivity contribution in [3.05, 3.63) is 17.0 Å². The van der Waals surface area contributed by atoms with Gasteiger partial charge in [-0.2, -0.15) is 18.3 Å². The first-order valence-corrected chi connectivity index (χ1v) is 6.54. The standard InChI is InChI=1S/C13H17F3N2O2/c1-8-11(12(19)13(14,15)16)9(2)18(17-8)7-10-3-5-20-6-4-10/h10H,3-7H2,1-2H3. The highest BCUT2D eigenvalue weighted by Crippen LogP contribution is 2.26. The molecule has 7 heteroatoms. The third-order valence-corrected chi connectivity index (χ3v) is 3.64. The normalized spacial score (nSPS) is 17.4. The molecular weight excluding hydrogens is 273 g/mol. The molecule has 0 radical (unpaired) electrons. The number of hydrogen-bond donors (Lipinski definition) is 0. The van der Waals surface area contributed by atoms with Gasteiger partial charge in [0.05, 0.1) is 11.3 Å². The number of hydrogen-bond acceptors (Lipinski definition) is 3. The second-order valence-corrected chi connectivity index (χ2v) is 5.11. The first-order valence-electron chi connectivity index (χ1n) is 6.54.